The first-order valence-electron chi connectivity index (χ1n) is 7.15. The molecule has 0 spiro atoms. The normalized spacial score (nSPS) is 18.4. The number of hydrogen-bond donors (Lipinski definition) is 1. The number of ether oxygens (including phenoxy) is 1. The molecule has 1 N–H and O–H groups in total. The maximum absolute atomic E-state index is 12.0. The highest BCUT2D eigenvalue weighted by molar-refractivity contribution is 5.97. The van der Waals surface area contributed by atoms with Gasteiger partial charge in [0.25, 0.3) is 5.91 Å². The van der Waals surface area contributed by atoms with Crippen LogP contribution in [0.25, 0.3) is 0 Å². The summed E-state index contributed by atoms with van der Waals surface area (Å²) in [6.45, 7) is 3.87. The van der Waals surface area contributed by atoms with Gasteiger partial charge in [-0.25, -0.2) is 4.79 Å². The summed E-state index contributed by atoms with van der Waals surface area (Å²) >= 11 is 0. The predicted molar refractivity (Wildman–Crippen MR) is 76.1 cm³/mol. The molecule has 1 aromatic heterocycles. The van der Waals surface area contributed by atoms with Gasteiger partial charge in [0.15, 0.2) is 12.4 Å². The zero-order valence-corrected chi connectivity index (χ0v) is 12.3. The van der Waals surface area contributed by atoms with E-state index in [0.29, 0.717) is 12.1 Å². The number of carbonyl (C=O) groups excluding carboxylic acids is 3. The van der Waals surface area contributed by atoms with Gasteiger partial charge in [0.2, 0.25) is 0 Å². The summed E-state index contributed by atoms with van der Waals surface area (Å²) in [6.07, 6.45) is 4.55. The van der Waals surface area contributed by atoms with E-state index in [-0.39, 0.29) is 30.0 Å². The Bertz CT molecular complexity index is 550. The minimum atomic E-state index is -0.625. The molecule has 0 bridgehead atoms. The molecule has 2 heterocycles. The molecule has 6 heteroatoms. The lowest BCUT2D eigenvalue weighted by molar-refractivity contribution is -0.137. The standard InChI is InChI=1S/C15H20N2O4/c1-10-5-3-4-6-17(10)14(19)9-21-15(20)13-7-12(8-16-13)11(2)18/h7-8,10,16H,3-6,9H2,1-2H3/t10-/m1/s1. The number of esters is 1. The molecule has 0 aliphatic carbocycles. The zero-order chi connectivity index (χ0) is 15.4. The highest BCUT2D eigenvalue weighted by atomic mass is 16.5. The molecule has 1 saturated heterocycles. The maximum Gasteiger partial charge on any atom is 0.355 e. The van der Waals surface area contributed by atoms with Crippen molar-refractivity contribution >= 4 is 17.7 Å². The number of Topliss-reactive ketones (excluding diaryl/α,β-unsaturated/α-hetero) is 1. The Morgan fingerprint density at radius 1 is 1.38 bits per heavy atom. The molecule has 1 aliphatic rings. The van der Waals surface area contributed by atoms with Crippen molar-refractivity contribution in [3.05, 3.63) is 23.5 Å². The van der Waals surface area contributed by atoms with Crippen LogP contribution >= 0.6 is 0 Å². The van der Waals surface area contributed by atoms with Crippen molar-refractivity contribution in [2.24, 2.45) is 0 Å². The fourth-order valence-corrected chi connectivity index (χ4v) is 2.47. The molecule has 1 aliphatic heterocycles. The number of aromatic nitrogens is 1. The first-order valence-corrected chi connectivity index (χ1v) is 7.15. The number of ketones is 1. The van der Waals surface area contributed by atoms with Crippen molar-refractivity contribution in [3.63, 3.8) is 0 Å². The third-order valence-electron chi connectivity index (χ3n) is 3.76. The average Bonchev–Trinajstić information content (AvgIpc) is 2.95. The second-order valence-electron chi connectivity index (χ2n) is 5.37. The van der Waals surface area contributed by atoms with Crippen LogP contribution in [0.5, 0.6) is 0 Å². The number of likely N-dealkylation sites (tertiary alicyclic amines) is 1. The second kappa shape index (κ2) is 6.56. The smallest absolute Gasteiger partial charge is 0.355 e. The topological polar surface area (TPSA) is 79.5 Å². The minimum Gasteiger partial charge on any atom is -0.451 e. The van der Waals surface area contributed by atoms with Gasteiger partial charge in [-0.05, 0) is 39.2 Å². The Kier molecular flexibility index (Phi) is 4.77. The van der Waals surface area contributed by atoms with Gasteiger partial charge in [-0.15, -0.1) is 0 Å². The number of H-pyrrole nitrogens is 1. The van der Waals surface area contributed by atoms with Crippen molar-refractivity contribution in [3.8, 4) is 0 Å². The molecule has 1 atom stereocenters. The monoisotopic (exact) mass is 292 g/mol. The van der Waals surface area contributed by atoms with Crippen LogP contribution in [0.1, 0.15) is 54.0 Å². The van der Waals surface area contributed by atoms with Gasteiger partial charge in [0.05, 0.1) is 0 Å². The predicted octanol–water partition coefficient (Wildman–Crippen LogP) is 1.78. The van der Waals surface area contributed by atoms with Crippen LogP contribution in [0.15, 0.2) is 12.3 Å². The summed E-state index contributed by atoms with van der Waals surface area (Å²) in [6, 6.07) is 1.62. The summed E-state index contributed by atoms with van der Waals surface area (Å²) in [5.74, 6) is -0.932. The Morgan fingerprint density at radius 2 is 2.14 bits per heavy atom. The molecular formula is C15H20N2O4. The molecule has 0 aromatic carbocycles. The Hall–Kier alpha value is -2.11. The van der Waals surface area contributed by atoms with Gasteiger partial charge in [-0.1, -0.05) is 0 Å². The van der Waals surface area contributed by atoms with Gasteiger partial charge in [-0.2, -0.15) is 0 Å². The molecule has 1 aromatic rings. The number of nitrogens with one attached hydrogen (secondary N) is 1. The van der Waals surface area contributed by atoms with Gasteiger partial charge in [0, 0.05) is 24.3 Å². The van der Waals surface area contributed by atoms with Crippen molar-refractivity contribution in [1.29, 1.82) is 0 Å². The van der Waals surface area contributed by atoms with E-state index in [9.17, 15) is 14.4 Å². The van der Waals surface area contributed by atoms with Crippen molar-refractivity contribution in [2.75, 3.05) is 13.2 Å². The average molecular weight is 292 g/mol. The second-order valence-corrected chi connectivity index (χ2v) is 5.37. The molecule has 21 heavy (non-hydrogen) atoms. The highest BCUT2D eigenvalue weighted by Gasteiger charge is 2.24. The number of hydrogen-bond acceptors (Lipinski definition) is 4. The van der Waals surface area contributed by atoms with Crippen LogP contribution in [0, 0.1) is 0 Å². The van der Waals surface area contributed by atoms with E-state index in [0.717, 1.165) is 19.3 Å². The molecule has 114 valence electrons. The van der Waals surface area contributed by atoms with Crippen LogP contribution in [0.4, 0.5) is 0 Å². The van der Waals surface area contributed by atoms with E-state index in [1.54, 1.807) is 4.90 Å². The van der Waals surface area contributed by atoms with Crippen LogP contribution in [0.3, 0.4) is 0 Å². The molecule has 0 unspecified atom stereocenters. The van der Waals surface area contributed by atoms with Gasteiger partial charge < -0.3 is 14.6 Å². The van der Waals surface area contributed by atoms with E-state index in [1.807, 2.05) is 6.92 Å². The van der Waals surface area contributed by atoms with E-state index >= 15 is 0 Å². The number of nitrogens with zero attached hydrogens (tertiary/aromatic N) is 1. The molecular weight excluding hydrogens is 272 g/mol. The lowest BCUT2D eigenvalue weighted by Gasteiger charge is -2.33. The van der Waals surface area contributed by atoms with Crippen LogP contribution in [-0.4, -0.2) is 46.7 Å². The molecule has 0 radical (unpaired) electrons. The third-order valence-corrected chi connectivity index (χ3v) is 3.76. The summed E-state index contributed by atoms with van der Waals surface area (Å²) in [5, 5.41) is 0. The molecule has 2 rings (SSSR count). The summed E-state index contributed by atoms with van der Waals surface area (Å²) in [5.41, 5.74) is 0.595. The van der Waals surface area contributed by atoms with E-state index in [2.05, 4.69) is 4.98 Å². The Morgan fingerprint density at radius 3 is 2.76 bits per heavy atom. The van der Waals surface area contributed by atoms with Crippen molar-refractivity contribution in [2.45, 2.75) is 39.2 Å². The van der Waals surface area contributed by atoms with E-state index < -0.39 is 5.97 Å². The van der Waals surface area contributed by atoms with Gasteiger partial charge in [0.1, 0.15) is 5.69 Å². The summed E-state index contributed by atoms with van der Waals surface area (Å²) in [7, 11) is 0. The Balaban J connectivity index is 1.88. The SMILES string of the molecule is CC(=O)c1c[nH]c(C(=O)OCC(=O)N2CCCC[C@H]2C)c1. The Labute approximate surface area is 123 Å². The lowest BCUT2D eigenvalue weighted by Crippen LogP contribution is -2.44. The summed E-state index contributed by atoms with van der Waals surface area (Å²) < 4.78 is 5.01. The zero-order valence-electron chi connectivity index (χ0n) is 12.3. The van der Waals surface area contributed by atoms with Gasteiger partial charge >= 0.3 is 5.97 Å². The fourth-order valence-electron chi connectivity index (χ4n) is 2.47. The molecule has 6 nitrogen and oxygen atoms in total. The molecule has 1 fully saturated rings. The largest absolute Gasteiger partial charge is 0.451 e. The van der Waals surface area contributed by atoms with Crippen molar-refractivity contribution < 1.29 is 19.1 Å². The number of rotatable bonds is 4. The first kappa shape index (κ1) is 15.3. The van der Waals surface area contributed by atoms with Crippen LogP contribution < -0.4 is 0 Å². The van der Waals surface area contributed by atoms with E-state index in [1.165, 1.54) is 19.2 Å². The number of amides is 1. The van der Waals surface area contributed by atoms with Gasteiger partial charge in [-0.3, -0.25) is 9.59 Å². The number of piperidine rings is 1. The van der Waals surface area contributed by atoms with Crippen LogP contribution in [0.2, 0.25) is 0 Å². The maximum atomic E-state index is 12.0. The minimum absolute atomic E-state index is 0.136. The van der Waals surface area contributed by atoms with Crippen molar-refractivity contribution in [1.82, 2.24) is 9.88 Å². The molecule has 1 amide bonds. The third kappa shape index (κ3) is 3.71. The fraction of sp³-hybridized carbons (Fsp3) is 0.533. The molecule has 0 saturated carbocycles. The van der Waals surface area contributed by atoms with E-state index in [4.69, 9.17) is 4.74 Å². The number of carbonyl (C=O) groups is 3. The summed E-state index contributed by atoms with van der Waals surface area (Å²) in [4.78, 5) is 39.4. The highest BCUT2D eigenvalue weighted by Crippen LogP contribution is 2.16. The lowest BCUT2D eigenvalue weighted by atomic mass is 10.0. The van der Waals surface area contributed by atoms with Crippen LogP contribution in [-0.2, 0) is 9.53 Å². The number of aromatic amines is 1. The quantitative estimate of drug-likeness (QED) is 0.677. The first-order chi connectivity index (χ1) is 9.99.